The Balaban J connectivity index is 0.858. The highest BCUT2D eigenvalue weighted by Crippen LogP contribution is 2.62. The Morgan fingerprint density at radius 3 is 1.51 bits per heavy atom. The SMILES string of the molecule is [C-]#[N+]c1ccc2c(c1)c1cc(-c3ccc4c(c3)Oc3ccccc3C43c4cccnc4-c4ncc(-n5c6ccccc6c6ccccc65)cc43)ccc1n2-c1ccc(-n2c3ccccc3c3ccccc32)cc1. The number of pyridine rings is 2. The van der Waals surface area contributed by atoms with Gasteiger partial charge in [-0.15, -0.1) is 0 Å². The highest BCUT2D eigenvalue weighted by atomic mass is 16.5. The van der Waals surface area contributed by atoms with Crippen molar-refractivity contribution >= 4 is 71.1 Å². The molecule has 7 heteroatoms. The molecule has 6 heterocycles. The summed E-state index contributed by atoms with van der Waals surface area (Å²) in [5.74, 6) is 1.58. The molecule has 0 saturated carbocycles. The maximum absolute atomic E-state index is 7.99. The molecule has 0 saturated heterocycles. The summed E-state index contributed by atoms with van der Waals surface area (Å²) in [6.45, 7) is 7.99. The van der Waals surface area contributed by atoms with Crippen LogP contribution in [0.4, 0.5) is 5.69 Å². The topological polar surface area (TPSA) is 54.2 Å². The number of rotatable bonds is 4. The predicted octanol–water partition coefficient (Wildman–Crippen LogP) is 16.5. The number of hydrogen-bond acceptors (Lipinski definition) is 3. The molecule has 0 bridgehead atoms. The molecule has 0 radical (unpaired) electrons. The largest absolute Gasteiger partial charge is 0.457 e. The first-order valence-electron chi connectivity index (χ1n) is 24.6. The van der Waals surface area contributed by atoms with Crippen molar-refractivity contribution < 1.29 is 4.74 Å². The van der Waals surface area contributed by atoms with Gasteiger partial charge in [-0.05, 0) is 119 Å². The minimum atomic E-state index is -0.770. The second kappa shape index (κ2) is 14.8. The summed E-state index contributed by atoms with van der Waals surface area (Å²) in [6, 6.07) is 77.7. The Kier molecular flexibility index (Phi) is 8.04. The van der Waals surface area contributed by atoms with E-state index in [9.17, 15) is 0 Å². The quantitative estimate of drug-likeness (QED) is 0.165. The predicted molar refractivity (Wildman–Crippen MR) is 294 cm³/mol. The zero-order valence-electron chi connectivity index (χ0n) is 39.0. The van der Waals surface area contributed by atoms with E-state index in [4.69, 9.17) is 21.3 Å². The number of nitrogens with zero attached hydrogens (tertiary/aromatic N) is 6. The lowest BCUT2D eigenvalue weighted by atomic mass is 9.66. The summed E-state index contributed by atoms with van der Waals surface area (Å²) in [4.78, 5) is 14.2. The lowest BCUT2D eigenvalue weighted by molar-refractivity contribution is 0.436. The van der Waals surface area contributed by atoms with Crippen LogP contribution in [-0.2, 0) is 5.41 Å². The van der Waals surface area contributed by atoms with E-state index in [1.807, 2.05) is 36.7 Å². The number of aromatic nitrogens is 5. The van der Waals surface area contributed by atoms with Gasteiger partial charge >= 0.3 is 0 Å². The second-order valence-corrected chi connectivity index (χ2v) is 19.2. The van der Waals surface area contributed by atoms with Crippen molar-refractivity contribution in [2.45, 2.75) is 5.41 Å². The Morgan fingerprint density at radius 2 is 0.863 bits per heavy atom. The van der Waals surface area contributed by atoms with Gasteiger partial charge in [0.15, 0.2) is 5.69 Å². The van der Waals surface area contributed by atoms with E-state index < -0.39 is 5.41 Å². The molecule has 338 valence electrons. The molecule has 1 aliphatic heterocycles. The maximum Gasteiger partial charge on any atom is 0.188 e. The van der Waals surface area contributed by atoms with Crippen molar-refractivity contribution in [2.75, 3.05) is 0 Å². The monoisotopic (exact) mass is 930 g/mol. The molecule has 0 fully saturated rings. The third-order valence-corrected chi connectivity index (χ3v) is 15.6. The van der Waals surface area contributed by atoms with Crippen molar-refractivity contribution in [3.63, 3.8) is 0 Å². The summed E-state index contributed by atoms with van der Waals surface area (Å²) in [7, 11) is 0. The highest BCUT2D eigenvalue weighted by Gasteiger charge is 2.52. The molecule has 0 amide bonds. The lowest BCUT2D eigenvalue weighted by Crippen LogP contribution is -2.32. The number of fused-ring (bicyclic) bond motifs is 18. The van der Waals surface area contributed by atoms with Crippen molar-refractivity contribution in [3.8, 4) is 51.1 Å². The van der Waals surface area contributed by atoms with Crippen molar-refractivity contribution in [2.24, 2.45) is 0 Å². The summed E-state index contributed by atoms with van der Waals surface area (Å²) >= 11 is 0. The molecule has 1 unspecified atom stereocenters. The van der Waals surface area contributed by atoms with Crippen molar-refractivity contribution in [1.82, 2.24) is 23.7 Å². The van der Waals surface area contributed by atoms with E-state index in [1.165, 1.54) is 32.6 Å². The van der Waals surface area contributed by atoms with Crippen LogP contribution in [0.1, 0.15) is 22.3 Å². The number of ether oxygens (including phenoxy) is 1. The zero-order chi connectivity index (χ0) is 47.9. The van der Waals surface area contributed by atoms with Gasteiger partial charge in [0.25, 0.3) is 0 Å². The van der Waals surface area contributed by atoms with Crippen molar-refractivity contribution in [1.29, 1.82) is 0 Å². The molecule has 0 N–H and O–H groups in total. The molecule has 7 nitrogen and oxygen atoms in total. The van der Waals surface area contributed by atoms with Crippen LogP contribution in [0, 0.1) is 6.57 Å². The van der Waals surface area contributed by atoms with Crippen LogP contribution in [-0.4, -0.2) is 23.7 Å². The van der Waals surface area contributed by atoms with Crippen LogP contribution in [0.3, 0.4) is 0 Å². The number of para-hydroxylation sites is 5. The molecular weight excluding hydrogens is 893 g/mol. The van der Waals surface area contributed by atoms with Crippen LogP contribution < -0.4 is 4.74 Å². The molecule has 16 rings (SSSR count). The summed E-state index contributed by atoms with van der Waals surface area (Å²) < 4.78 is 14.0. The van der Waals surface area contributed by atoms with Gasteiger partial charge in [0.05, 0.1) is 68.4 Å². The van der Waals surface area contributed by atoms with Gasteiger partial charge in [-0.1, -0.05) is 121 Å². The Hall–Kier alpha value is -10.0. The van der Waals surface area contributed by atoms with E-state index in [0.29, 0.717) is 5.69 Å². The normalized spacial score (nSPS) is 14.5. The van der Waals surface area contributed by atoms with E-state index in [2.05, 4.69) is 213 Å². The fourth-order valence-corrected chi connectivity index (χ4v) is 12.6. The Morgan fingerprint density at radius 1 is 0.370 bits per heavy atom. The van der Waals surface area contributed by atoms with Crippen LogP contribution in [0.5, 0.6) is 11.5 Å². The minimum Gasteiger partial charge on any atom is -0.457 e. The van der Waals surface area contributed by atoms with Crippen LogP contribution in [0.25, 0.3) is 110 Å². The van der Waals surface area contributed by atoms with Gasteiger partial charge in [0, 0.05) is 61.2 Å². The van der Waals surface area contributed by atoms with Crippen LogP contribution in [0.15, 0.2) is 231 Å². The van der Waals surface area contributed by atoms with E-state index in [0.717, 1.165) is 106 Å². The van der Waals surface area contributed by atoms with Gasteiger partial charge in [-0.3, -0.25) is 9.97 Å². The first-order chi connectivity index (χ1) is 36.2. The Bertz CT molecular complexity index is 4630. The van der Waals surface area contributed by atoms with Gasteiger partial charge < -0.3 is 18.4 Å². The third kappa shape index (κ3) is 5.36. The van der Waals surface area contributed by atoms with Crippen LogP contribution >= 0.6 is 0 Å². The first-order valence-corrected chi connectivity index (χ1v) is 24.6. The number of hydrogen-bond donors (Lipinski definition) is 0. The molecule has 1 spiro atoms. The van der Waals surface area contributed by atoms with Crippen molar-refractivity contribution in [3.05, 3.63) is 264 Å². The third-order valence-electron chi connectivity index (χ3n) is 15.6. The van der Waals surface area contributed by atoms with E-state index in [1.54, 1.807) is 0 Å². The Labute approximate surface area is 418 Å². The molecular formula is C66H38N6O. The second-order valence-electron chi connectivity index (χ2n) is 19.2. The minimum absolute atomic E-state index is 0.604. The molecule has 1 aliphatic carbocycles. The zero-order valence-corrected chi connectivity index (χ0v) is 39.0. The standard InChI is InChI=1S/C66H38N6O/c1-67-42-26-33-61-51(37-42)50-35-40(25-32-60(50)71(61)44-29-27-43(28-30-44)70-56-19-7-2-13-46(56)47-14-3-8-20-57(47)70)41-24-31-53-63(36-41)73-62-23-11-6-17-52(62)66(53)54-18-12-34-68-64(54)65-55(66)38-45(39-69-65)72-58-21-9-4-15-48(58)49-16-5-10-22-59(49)72/h2-39H. The molecule has 73 heavy (non-hydrogen) atoms. The van der Waals surface area contributed by atoms with Gasteiger partial charge in [0.1, 0.15) is 11.5 Å². The fraction of sp³-hybridized carbons (Fsp3) is 0.0152. The van der Waals surface area contributed by atoms with Crippen LogP contribution in [0.2, 0.25) is 0 Å². The summed E-state index contributed by atoms with van der Waals surface area (Å²) in [6.07, 6.45) is 3.87. The molecule has 14 aromatic rings. The first kappa shape index (κ1) is 39.8. The molecule has 2 aliphatic rings. The lowest BCUT2D eigenvalue weighted by Gasteiger charge is -2.39. The highest BCUT2D eigenvalue weighted by molar-refractivity contribution is 6.13. The van der Waals surface area contributed by atoms with E-state index >= 15 is 0 Å². The molecule has 9 aromatic carbocycles. The van der Waals surface area contributed by atoms with Gasteiger partial charge in [-0.2, -0.15) is 0 Å². The summed E-state index contributed by atoms with van der Waals surface area (Å²) in [5.41, 5.74) is 17.7. The van der Waals surface area contributed by atoms with E-state index in [-0.39, 0.29) is 0 Å². The summed E-state index contributed by atoms with van der Waals surface area (Å²) in [5, 5.41) is 6.97. The fourth-order valence-electron chi connectivity index (χ4n) is 12.6. The average molecular weight is 931 g/mol. The molecule has 5 aromatic heterocycles. The number of benzene rings is 9. The van der Waals surface area contributed by atoms with Gasteiger partial charge in [0.2, 0.25) is 0 Å². The molecule has 1 atom stereocenters. The smallest absolute Gasteiger partial charge is 0.188 e. The van der Waals surface area contributed by atoms with Gasteiger partial charge in [-0.25, -0.2) is 4.85 Å². The maximum atomic E-state index is 7.99. The average Bonchev–Trinajstić information content (AvgIpc) is 4.17.